The Labute approximate surface area is 237 Å². The molecule has 0 bridgehead atoms. The lowest BCUT2D eigenvalue weighted by Gasteiger charge is -2.24. The Morgan fingerprint density at radius 3 is 1.68 bits per heavy atom. The molecule has 0 aliphatic rings. The lowest BCUT2D eigenvalue weighted by molar-refractivity contribution is 0.00532. The maximum atomic E-state index is 12.2. The number of hydrogen-bond donors (Lipinski definition) is 0. The SMILES string of the molecule is CN(C(=O)OC(C)(C)C)c1ccc(/C=C/c2ccc(OCCOCCOCCOCCOS(C)(=O)=O)cc2)cc1. The number of rotatable bonds is 17. The van der Waals surface area contributed by atoms with Gasteiger partial charge in [-0.2, -0.15) is 8.42 Å². The predicted octanol–water partition coefficient (Wildman–Crippen LogP) is 4.63. The monoisotopic (exact) mass is 579 g/mol. The third kappa shape index (κ3) is 15.0. The van der Waals surface area contributed by atoms with Gasteiger partial charge in [0.2, 0.25) is 0 Å². The van der Waals surface area contributed by atoms with Gasteiger partial charge in [-0.3, -0.25) is 9.08 Å². The number of benzene rings is 2. The van der Waals surface area contributed by atoms with Crippen LogP contribution in [0.4, 0.5) is 10.5 Å². The molecule has 2 aromatic rings. The Morgan fingerprint density at radius 2 is 1.20 bits per heavy atom. The molecule has 222 valence electrons. The number of ether oxygens (including phenoxy) is 5. The van der Waals surface area contributed by atoms with Gasteiger partial charge in [0, 0.05) is 12.7 Å². The molecule has 0 aliphatic heterocycles. The van der Waals surface area contributed by atoms with Crippen LogP contribution in [0.5, 0.6) is 5.75 Å². The van der Waals surface area contributed by atoms with E-state index in [0.717, 1.165) is 28.8 Å². The molecule has 2 rings (SSSR count). The molecule has 0 N–H and O–H groups in total. The standard InChI is InChI=1S/C29H41NO9S/c1-29(2,3)39-28(31)30(4)26-12-8-24(9-13-26)6-7-25-10-14-27(15-11-25)37-22-20-35-18-16-34-17-19-36-21-23-38-40(5,32)33/h6-15H,16-23H2,1-5H3/b7-6+. The lowest BCUT2D eigenvalue weighted by atomic mass is 10.1. The fraction of sp³-hybridized carbons (Fsp3) is 0.483. The van der Waals surface area contributed by atoms with Crippen molar-refractivity contribution >= 4 is 34.1 Å². The van der Waals surface area contributed by atoms with Crippen LogP contribution < -0.4 is 9.64 Å². The van der Waals surface area contributed by atoms with Crippen molar-refractivity contribution in [2.45, 2.75) is 26.4 Å². The van der Waals surface area contributed by atoms with Crippen molar-refractivity contribution in [1.82, 2.24) is 0 Å². The molecule has 0 aromatic heterocycles. The molecule has 11 heteroatoms. The highest BCUT2D eigenvalue weighted by Gasteiger charge is 2.20. The number of carbonyl (C=O) groups is 1. The van der Waals surface area contributed by atoms with Gasteiger partial charge in [-0.1, -0.05) is 36.4 Å². The van der Waals surface area contributed by atoms with Gasteiger partial charge in [0.1, 0.15) is 18.0 Å². The number of nitrogens with zero attached hydrogens (tertiary/aromatic N) is 1. The fourth-order valence-electron chi connectivity index (χ4n) is 3.12. The molecule has 0 radical (unpaired) electrons. The smallest absolute Gasteiger partial charge is 0.414 e. The zero-order valence-corrected chi connectivity index (χ0v) is 24.8. The average Bonchev–Trinajstić information content (AvgIpc) is 2.89. The van der Waals surface area contributed by atoms with E-state index in [4.69, 9.17) is 23.7 Å². The van der Waals surface area contributed by atoms with E-state index >= 15 is 0 Å². The minimum absolute atomic E-state index is 0.00611. The molecule has 2 aromatic carbocycles. The van der Waals surface area contributed by atoms with Crippen molar-refractivity contribution in [2.75, 3.05) is 71.1 Å². The van der Waals surface area contributed by atoms with Gasteiger partial charge in [0.05, 0.1) is 52.5 Å². The van der Waals surface area contributed by atoms with Gasteiger partial charge in [-0.15, -0.1) is 0 Å². The summed E-state index contributed by atoms with van der Waals surface area (Å²) in [4.78, 5) is 13.7. The van der Waals surface area contributed by atoms with Crippen molar-refractivity contribution in [1.29, 1.82) is 0 Å². The van der Waals surface area contributed by atoms with Crippen molar-refractivity contribution in [3.05, 3.63) is 59.7 Å². The second kappa shape index (κ2) is 17.0. The van der Waals surface area contributed by atoms with E-state index in [1.807, 2.05) is 81.5 Å². The first kappa shape index (κ1) is 33.2. The van der Waals surface area contributed by atoms with Crippen LogP contribution >= 0.6 is 0 Å². The molecule has 0 fully saturated rings. The van der Waals surface area contributed by atoms with Crippen LogP contribution in [0.1, 0.15) is 31.9 Å². The van der Waals surface area contributed by atoms with Crippen molar-refractivity contribution < 1.29 is 41.1 Å². The highest BCUT2D eigenvalue weighted by Crippen LogP contribution is 2.19. The molecule has 0 spiro atoms. The number of anilines is 1. The zero-order chi connectivity index (χ0) is 29.4. The molecule has 0 saturated carbocycles. The summed E-state index contributed by atoms with van der Waals surface area (Å²) in [5.74, 6) is 0.753. The highest BCUT2D eigenvalue weighted by molar-refractivity contribution is 7.85. The maximum Gasteiger partial charge on any atom is 0.414 e. The van der Waals surface area contributed by atoms with Gasteiger partial charge >= 0.3 is 6.09 Å². The van der Waals surface area contributed by atoms with Crippen molar-refractivity contribution in [3.8, 4) is 5.75 Å². The quantitative estimate of drug-likeness (QED) is 0.150. The Balaban J connectivity index is 1.58. The molecule has 0 atom stereocenters. The fourth-order valence-corrected chi connectivity index (χ4v) is 3.49. The third-order valence-electron chi connectivity index (χ3n) is 5.06. The summed E-state index contributed by atoms with van der Waals surface area (Å²) < 4.78 is 53.3. The molecule has 0 unspecified atom stereocenters. The first-order chi connectivity index (χ1) is 18.9. The molecule has 0 heterocycles. The van der Waals surface area contributed by atoms with E-state index in [2.05, 4.69) is 4.18 Å². The second-order valence-electron chi connectivity index (χ2n) is 9.74. The second-order valence-corrected chi connectivity index (χ2v) is 11.4. The normalized spacial score (nSPS) is 12.0. The number of amides is 1. The summed E-state index contributed by atoms with van der Waals surface area (Å²) in [5, 5.41) is 0. The van der Waals surface area contributed by atoms with Crippen LogP contribution in [0.25, 0.3) is 12.2 Å². The maximum absolute atomic E-state index is 12.2. The van der Waals surface area contributed by atoms with Crippen molar-refractivity contribution in [3.63, 3.8) is 0 Å². The Bertz CT molecular complexity index is 1140. The van der Waals surface area contributed by atoms with Crippen LogP contribution in [0.15, 0.2) is 48.5 Å². The van der Waals surface area contributed by atoms with Gasteiger partial charge in [0.25, 0.3) is 10.1 Å². The molecule has 0 aliphatic carbocycles. The summed E-state index contributed by atoms with van der Waals surface area (Å²) in [6.07, 6.45) is 4.61. The van der Waals surface area contributed by atoms with E-state index < -0.39 is 21.8 Å². The number of hydrogen-bond acceptors (Lipinski definition) is 9. The van der Waals surface area contributed by atoms with E-state index in [1.165, 1.54) is 4.90 Å². The molecule has 0 saturated heterocycles. The highest BCUT2D eigenvalue weighted by atomic mass is 32.2. The third-order valence-corrected chi connectivity index (χ3v) is 5.66. The molecule has 40 heavy (non-hydrogen) atoms. The van der Waals surface area contributed by atoms with E-state index in [-0.39, 0.29) is 13.2 Å². The van der Waals surface area contributed by atoms with Gasteiger partial charge < -0.3 is 23.7 Å². The largest absolute Gasteiger partial charge is 0.491 e. The summed E-state index contributed by atoms with van der Waals surface area (Å²) in [7, 11) is -1.74. The Kier molecular flexibility index (Phi) is 14.1. The minimum atomic E-state index is -3.43. The van der Waals surface area contributed by atoms with Crippen LogP contribution in [0, 0.1) is 0 Å². The van der Waals surface area contributed by atoms with Gasteiger partial charge in [-0.05, 0) is 56.2 Å². The molecule has 1 amide bonds. The topological polar surface area (TPSA) is 110 Å². The number of carbonyl (C=O) groups excluding carboxylic acids is 1. The van der Waals surface area contributed by atoms with Crippen molar-refractivity contribution in [2.24, 2.45) is 0 Å². The predicted molar refractivity (Wildman–Crippen MR) is 155 cm³/mol. The molecule has 10 nitrogen and oxygen atoms in total. The average molecular weight is 580 g/mol. The van der Waals surface area contributed by atoms with E-state index in [1.54, 1.807) is 7.05 Å². The summed E-state index contributed by atoms with van der Waals surface area (Å²) in [6, 6.07) is 15.4. The summed E-state index contributed by atoms with van der Waals surface area (Å²) in [6.45, 7) is 8.15. The summed E-state index contributed by atoms with van der Waals surface area (Å²) >= 11 is 0. The van der Waals surface area contributed by atoms with Crippen LogP contribution in [-0.2, 0) is 33.2 Å². The first-order valence-electron chi connectivity index (χ1n) is 13.0. The molecular formula is C29H41NO9S. The molecular weight excluding hydrogens is 538 g/mol. The van der Waals surface area contributed by atoms with E-state index in [9.17, 15) is 13.2 Å². The Hall–Kier alpha value is -2.96. The van der Waals surface area contributed by atoms with Crippen LogP contribution in [0.3, 0.4) is 0 Å². The van der Waals surface area contributed by atoms with Gasteiger partial charge in [-0.25, -0.2) is 4.79 Å². The lowest BCUT2D eigenvalue weighted by Crippen LogP contribution is -2.34. The minimum Gasteiger partial charge on any atom is -0.491 e. The summed E-state index contributed by atoms with van der Waals surface area (Å²) in [5.41, 5.74) is 2.25. The van der Waals surface area contributed by atoms with Crippen LogP contribution in [-0.4, -0.2) is 86.3 Å². The van der Waals surface area contributed by atoms with Gasteiger partial charge in [0.15, 0.2) is 0 Å². The Morgan fingerprint density at radius 1 is 0.750 bits per heavy atom. The van der Waals surface area contributed by atoms with Crippen LogP contribution in [0.2, 0.25) is 0 Å². The van der Waals surface area contributed by atoms with E-state index in [0.29, 0.717) is 39.6 Å². The zero-order valence-electron chi connectivity index (χ0n) is 24.0. The first-order valence-corrected chi connectivity index (χ1v) is 14.8.